The number of rotatable bonds is 7. The fourth-order valence-electron chi connectivity index (χ4n) is 2.32. The van der Waals surface area contributed by atoms with Gasteiger partial charge in [0.1, 0.15) is 11.5 Å². The van der Waals surface area contributed by atoms with Gasteiger partial charge in [-0.15, -0.1) is 0 Å². The minimum atomic E-state index is -0.718. The molecule has 0 unspecified atom stereocenters. The molecule has 2 aromatic rings. The van der Waals surface area contributed by atoms with Crippen LogP contribution in [0.2, 0.25) is 0 Å². The van der Waals surface area contributed by atoms with Crippen LogP contribution < -0.4 is 5.32 Å². The molecule has 0 fully saturated rings. The van der Waals surface area contributed by atoms with Gasteiger partial charge in [0, 0.05) is 5.69 Å². The highest BCUT2D eigenvalue weighted by atomic mass is 16.5. The van der Waals surface area contributed by atoms with E-state index in [1.165, 1.54) is 6.26 Å². The maximum absolute atomic E-state index is 12.1. The zero-order valence-corrected chi connectivity index (χ0v) is 14.3. The van der Waals surface area contributed by atoms with Crippen molar-refractivity contribution < 1.29 is 28.3 Å². The van der Waals surface area contributed by atoms with Gasteiger partial charge in [0.2, 0.25) is 0 Å². The first-order valence-electron chi connectivity index (χ1n) is 7.76. The predicted molar refractivity (Wildman–Crippen MR) is 87.1 cm³/mol. The van der Waals surface area contributed by atoms with Crippen molar-refractivity contribution in [2.45, 2.75) is 27.3 Å². The maximum atomic E-state index is 12.1. The molecule has 0 atom stereocenters. The van der Waals surface area contributed by atoms with E-state index in [9.17, 15) is 14.4 Å². The van der Waals surface area contributed by atoms with Crippen molar-refractivity contribution in [1.82, 2.24) is 10.3 Å². The third-order valence-corrected chi connectivity index (χ3v) is 3.50. The van der Waals surface area contributed by atoms with Gasteiger partial charge < -0.3 is 24.2 Å². The lowest BCUT2D eigenvalue weighted by molar-refractivity contribution is -0.124. The molecule has 0 aliphatic carbocycles. The highest BCUT2D eigenvalue weighted by Gasteiger charge is 2.24. The lowest BCUT2D eigenvalue weighted by Gasteiger charge is -2.05. The molecule has 8 heteroatoms. The fraction of sp³-hybridized carbons (Fsp3) is 0.353. The summed E-state index contributed by atoms with van der Waals surface area (Å²) in [5.41, 5.74) is 1.36. The molecular weight excluding hydrogens is 328 g/mol. The molecule has 134 valence electrons. The number of nitrogens with one attached hydrogen (secondary N) is 2. The Hall–Kier alpha value is -3.03. The first-order valence-corrected chi connectivity index (χ1v) is 7.76. The zero-order valence-electron chi connectivity index (χ0n) is 14.3. The second-order valence-electron chi connectivity index (χ2n) is 5.28. The topological polar surface area (TPSA) is 111 Å². The monoisotopic (exact) mass is 348 g/mol. The summed E-state index contributed by atoms with van der Waals surface area (Å²) in [5.74, 6) is -1.10. The van der Waals surface area contributed by atoms with Crippen LogP contribution in [0.4, 0.5) is 0 Å². The number of furan rings is 1. The quantitative estimate of drug-likeness (QED) is 0.739. The van der Waals surface area contributed by atoms with E-state index < -0.39 is 24.5 Å². The Balaban J connectivity index is 1.93. The summed E-state index contributed by atoms with van der Waals surface area (Å²) in [6.07, 6.45) is 1.50. The van der Waals surface area contributed by atoms with Crippen molar-refractivity contribution in [2.24, 2.45) is 0 Å². The van der Waals surface area contributed by atoms with E-state index in [4.69, 9.17) is 13.9 Å². The number of ether oxygens (including phenoxy) is 2. The van der Waals surface area contributed by atoms with Crippen molar-refractivity contribution in [3.8, 4) is 0 Å². The summed E-state index contributed by atoms with van der Waals surface area (Å²) >= 11 is 0. The van der Waals surface area contributed by atoms with Crippen molar-refractivity contribution in [2.75, 3.05) is 13.2 Å². The normalized spacial score (nSPS) is 10.4. The number of aromatic amines is 1. The number of hydrogen-bond acceptors (Lipinski definition) is 6. The Kier molecular flexibility index (Phi) is 5.99. The summed E-state index contributed by atoms with van der Waals surface area (Å²) in [7, 11) is 0. The van der Waals surface area contributed by atoms with Gasteiger partial charge in [-0.2, -0.15) is 0 Å². The van der Waals surface area contributed by atoms with Gasteiger partial charge in [-0.25, -0.2) is 9.59 Å². The SMILES string of the molecule is CCOC(=O)c1c(C)[nH]c(C(=O)OCC(=O)NCc2ccco2)c1C. The Morgan fingerprint density at radius 1 is 1.20 bits per heavy atom. The van der Waals surface area contributed by atoms with Crippen LogP contribution in [0.3, 0.4) is 0 Å². The van der Waals surface area contributed by atoms with Crippen LogP contribution in [0, 0.1) is 13.8 Å². The van der Waals surface area contributed by atoms with Crippen LogP contribution in [-0.2, 0) is 20.8 Å². The first kappa shape index (κ1) is 18.3. The number of aryl methyl sites for hydroxylation is 1. The third kappa shape index (κ3) is 4.50. The largest absolute Gasteiger partial charge is 0.467 e. The van der Waals surface area contributed by atoms with Gasteiger partial charge in [0.15, 0.2) is 6.61 Å². The smallest absolute Gasteiger partial charge is 0.355 e. The fourth-order valence-corrected chi connectivity index (χ4v) is 2.32. The average Bonchev–Trinajstić information content (AvgIpc) is 3.18. The lowest BCUT2D eigenvalue weighted by Crippen LogP contribution is -2.28. The average molecular weight is 348 g/mol. The van der Waals surface area contributed by atoms with E-state index in [1.54, 1.807) is 32.9 Å². The Morgan fingerprint density at radius 2 is 1.96 bits per heavy atom. The number of H-pyrrole nitrogens is 1. The molecule has 0 aliphatic rings. The molecule has 8 nitrogen and oxygen atoms in total. The zero-order chi connectivity index (χ0) is 18.4. The van der Waals surface area contributed by atoms with Gasteiger partial charge in [-0.1, -0.05) is 0 Å². The molecule has 2 aromatic heterocycles. The molecular formula is C17H20N2O6. The van der Waals surface area contributed by atoms with Crippen molar-refractivity contribution in [1.29, 1.82) is 0 Å². The summed E-state index contributed by atoms with van der Waals surface area (Å²) in [4.78, 5) is 38.6. The molecule has 0 spiro atoms. The maximum Gasteiger partial charge on any atom is 0.355 e. The first-order chi connectivity index (χ1) is 11.9. The highest BCUT2D eigenvalue weighted by Crippen LogP contribution is 2.19. The van der Waals surface area contributed by atoms with E-state index in [0.29, 0.717) is 22.6 Å². The van der Waals surface area contributed by atoms with Gasteiger partial charge in [0.25, 0.3) is 5.91 Å². The Bertz CT molecular complexity index is 760. The molecule has 1 amide bonds. The van der Waals surface area contributed by atoms with Crippen LogP contribution in [0.15, 0.2) is 22.8 Å². The molecule has 25 heavy (non-hydrogen) atoms. The van der Waals surface area contributed by atoms with E-state index in [0.717, 1.165) is 0 Å². The minimum absolute atomic E-state index is 0.124. The number of carbonyl (C=O) groups is 3. The predicted octanol–water partition coefficient (Wildman–Crippen LogP) is 1.87. The summed E-state index contributed by atoms with van der Waals surface area (Å²) in [6.45, 7) is 4.97. The molecule has 0 saturated heterocycles. The van der Waals surface area contributed by atoms with E-state index in [1.807, 2.05) is 0 Å². The van der Waals surface area contributed by atoms with Crippen LogP contribution >= 0.6 is 0 Å². The number of esters is 2. The summed E-state index contributed by atoms with van der Waals surface area (Å²) in [5, 5.41) is 2.56. The minimum Gasteiger partial charge on any atom is -0.467 e. The van der Waals surface area contributed by atoms with Gasteiger partial charge >= 0.3 is 11.9 Å². The number of hydrogen-bond donors (Lipinski definition) is 2. The Morgan fingerprint density at radius 3 is 2.60 bits per heavy atom. The number of aromatic nitrogens is 1. The van der Waals surface area contributed by atoms with E-state index >= 15 is 0 Å². The van der Waals surface area contributed by atoms with Gasteiger partial charge in [-0.3, -0.25) is 4.79 Å². The number of amides is 1. The van der Waals surface area contributed by atoms with Gasteiger partial charge in [0.05, 0.1) is 25.0 Å². The van der Waals surface area contributed by atoms with Crippen LogP contribution in [0.1, 0.15) is 44.8 Å². The molecule has 0 saturated carbocycles. The molecule has 2 rings (SSSR count). The number of carbonyl (C=O) groups excluding carboxylic acids is 3. The van der Waals surface area contributed by atoms with Crippen LogP contribution in [-0.4, -0.2) is 36.0 Å². The Labute approximate surface area is 144 Å². The highest BCUT2D eigenvalue weighted by molar-refractivity contribution is 5.99. The van der Waals surface area contributed by atoms with Crippen LogP contribution in [0.5, 0.6) is 0 Å². The molecule has 0 aliphatic heterocycles. The second-order valence-corrected chi connectivity index (χ2v) is 5.28. The van der Waals surface area contributed by atoms with Crippen molar-refractivity contribution >= 4 is 17.8 Å². The molecule has 2 N–H and O–H groups in total. The second kappa shape index (κ2) is 8.18. The molecule has 0 bridgehead atoms. The molecule has 0 aromatic carbocycles. The van der Waals surface area contributed by atoms with Crippen LogP contribution in [0.25, 0.3) is 0 Å². The lowest BCUT2D eigenvalue weighted by atomic mass is 10.1. The van der Waals surface area contributed by atoms with E-state index in [-0.39, 0.29) is 18.8 Å². The molecule has 2 heterocycles. The summed E-state index contributed by atoms with van der Waals surface area (Å²) < 4.78 is 15.0. The van der Waals surface area contributed by atoms with E-state index in [2.05, 4.69) is 10.3 Å². The third-order valence-electron chi connectivity index (χ3n) is 3.50. The molecule has 0 radical (unpaired) electrons. The van der Waals surface area contributed by atoms with Gasteiger partial charge in [-0.05, 0) is 38.5 Å². The van der Waals surface area contributed by atoms with Crippen molar-refractivity contribution in [3.05, 3.63) is 46.7 Å². The standard InChI is InChI=1S/C17H20N2O6/c1-4-23-16(21)14-10(2)15(19-11(14)3)17(22)25-9-13(20)18-8-12-6-5-7-24-12/h5-7,19H,4,8-9H2,1-3H3,(H,18,20). The van der Waals surface area contributed by atoms with Crippen molar-refractivity contribution in [3.63, 3.8) is 0 Å². The summed E-state index contributed by atoms with van der Waals surface area (Å²) in [6, 6.07) is 3.42.